The average Bonchev–Trinajstić information content (AvgIpc) is 1.33. The number of amides is 11. The van der Waals surface area contributed by atoms with E-state index in [1.807, 2.05) is 0 Å². The van der Waals surface area contributed by atoms with Gasteiger partial charge in [0, 0.05) is 19.4 Å². The van der Waals surface area contributed by atoms with Gasteiger partial charge >= 0.3 is 10.4 Å². The molecule has 33 nitrogen and oxygen atoms in total. The first kappa shape index (κ1) is 81.0. The van der Waals surface area contributed by atoms with Gasteiger partial charge < -0.3 is 97.4 Å². The van der Waals surface area contributed by atoms with E-state index in [0.717, 1.165) is 19.3 Å². The van der Waals surface area contributed by atoms with Crippen molar-refractivity contribution in [1.29, 1.82) is 0 Å². The largest absolute Gasteiger partial charge is 0.394 e. The Morgan fingerprint density at radius 1 is 0.578 bits per heavy atom. The van der Waals surface area contributed by atoms with Crippen LogP contribution in [0.1, 0.15) is 124 Å². The van der Waals surface area contributed by atoms with E-state index in [9.17, 15) is 63.0 Å². The van der Waals surface area contributed by atoms with Crippen molar-refractivity contribution in [2.75, 3.05) is 39.3 Å². The van der Waals surface area contributed by atoms with Gasteiger partial charge in [-0.25, -0.2) is 0 Å². The van der Waals surface area contributed by atoms with Crippen LogP contribution in [0.3, 0.4) is 0 Å². The predicted molar refractivity (Wildman–Crippen MR) is 330 cm³/mol. The number of benzene rings is 1. The van der Waals surface area contributed by atoms with E-state index in [-0.39, 0.29) is 90.0 Å². The average molecular weight is 1300 g/mol. The SMILES string of the molecule is CC[C@@H](C)CCCCC(=O)N[C@H](CCN)C(=O)N[C@@H](C(=O)N[C@H](CCN)C(=O)N[C@@H]1CCNC(=O)[C@@H]([C@@H](C)O)NC(=O)[C@@H](CCN)NC(=O)[C@@H](CCN)NC(=O)[C@@H](CC(C)C)NC(=O)[C@@H](Cc2ccccc2)NC(=O)[C@@H](CCN)NC1=O)[C@@H](C)O.O=S(=O)(O)O. The number of carbonyl (C=O) groups excluding carboxylic acids is 11. The monoisotopic (exact) mass is 1300 g/mol. The van der Waals surface area contributed by atoms with Crippen LogP contribution in [0.4, 0.5) is 0 Å². The van der Waals surface area contributed by atoms with Gasteiger partial charge in [0.05, 0.1) is 12.2 Å². The summed E-state index contributed by atoms with van der Waals surface area (Å²) in [4.78, 5) is 154. The van der Waals surface area contributed by atoms with E-state index in [4.69, 9.17) is 46.2 Å². The van der Waals surface area contributed by atoms with Gasteiger partial charge in [0.1, 0.15) is 60.4 Å². The van der Waals surface area contributed by atoms with Crippen molar-refractivity contribution < 1.29 is 80.5 Å². The zero-order chi connectivity index (χ0) is 68.3. The van der Waals surface area contributed by atoms with Crippen LogP contribution < -0.4 is 87.2 Å². The molecule has 0 bridgehead atoms. The van der Waals surface area contributed by atoms with Gasteiger partial charge in [0.25, 0.3) is 0 Å². The molecular weight excluding hydrogens is 1200 g/mol. The summed E-state index contributed by atoms with van der Waals surface area (Å²) in [5.41, 5.74) is 29.9. The number of aliphatic hydroxyl groups excluding tert-OH is 2. The molecule has 13 atom stereocenters. The topological polar surface area (TPSA) is 565 Å². The second-order valence-electron chi connectivity index (χ2n) is 22.5. The molecule has 1 aromatic rings. The molecule has 0 aliphatic carbocycles. The minimum atomic E-state index is -4.67. The van der Waals surface area contributed by atoms with Gasteiger partial charge in [-0.3, -0.25) is 61.8 Å². The molecule has 25 N–H and O–H groups in total. The van der Waals surface area contributed by atoms with E-state index < -0.39 is 161 Å². The normalized spacial score (nSPS) is 22.3. The minimum Gasteiger partial charge on any atom is -0.391 e. The third-order valence-corrected chi connectivity index (χ3v) is 14.3. The van der Waals surface area contributed by atoms with E-state index in [1.165, 1.54) is 13.8 Å². The molecule has 0 saturated carbocycles. The zero-order valence-corrected chi connectivity index (χ0v) is 53.1. The van der Waals surface area contributed by atoms with Crippen molar-refractivity contribution >= 4 is 75.4 Å². The maximum atomic E-state index is 14.5. The molecule has 34 heteroatoms. The molecule has 1 aliphatic rings. The van der Waals surface area contributed by atoms with Crippen LogP contribution in [0.2, 0.25) is 0 Å². The first-order valence-electron chi connectivity index (χ1n) is 30.2. The third-order valence-electron chi connectivity index (χ3n) is 14.3. The highest BCUT2D eigenvalue weighted by Crippen LogP contribution is 2.14. The van der Waals surface area contributed by atoms with Crippen molar-refractivity contribution in [3.05, 3.63) is 35.9 Å². The van der Waals surface area contributed by atoms with Gasteiger partial charge in [-0.1, -0.05) is 77.3 Å². The molecule has 0 spiro atoms. The van der Waals surface area contributed by atoms with Crippen molar-refractivity contribution in [3.8, 4) is 0 Å². The Bertz CT molecular complexity index is 2560. The standard InChI is InChI=1S/C56H98N16O13.H2O4S/c1-7-32(4)13-11-12-16-44(75)63-36(17-23-57)51(80)72-46(34(6)74)56(85)68-39(20-26-60)48(77)67-41-22-28-62-55(84)45(33(5)73)71-52(81)40(21-27-61)65-47(76)37(18-24-58)66-53(82)42(29-31(2)3)69-54(83)43(30-35-14-9-8-10-15-35)70-49(78)38(19-25-59)64-50(41)79;1-5(2,3)4/h8-10,14-15,31-34,36-43,45-46,73-74H,7,11-13,16-30,57-61H2,1-6H3,(H,62,84)(H,63,75)(H,64,79)(H,65,76)(H,66,82)(H,67,77)(H,68,85)(H,69,83)(H,70,78)(H,71,81)(H,72,80);(H2,1,2,3,4)/t32-,33-,34-,36-,37-,38-,39-,40-,41-,42-,43-,45-,46-;/m1./s1. The molecule has 1 aliphatic heterocycles. The lowest BCUT2D eigenvalue weighted by Gasteiger charge is -2.29. The maximum absolute atomic E-state index is 14.5. The number of hydrogen-bond acceptors (Lipinski definition) is 20. The molecule has 2 rings (SSSR count). The Balaban J connectivity index is 0.00000776. The molecule has 1 saturated heterocycles. The zero-order valence-electron chi connectivity index (χ0n) is 52.3. The number of unbranched alkanes of at least 4 members (excludes halogenated alkanes) is 1. The van der Waals surface area contributed by atoms with Crippen LogP contribution in [0, 0.1) is 11.8 Å². The van der Waals surface area contributed by atoms with Crippen LogP contribution in [0.15, 0.2) is 30.3 Å². The van der Waals surface area contributed by atoms with Crippen LogP contribution in [0.5, 0.6) is 0 Å². The fraction of sp³-hybridized carbons (Fsp3) is 0.696. The van der Waals surface area contributed by atoms with Crippen molar-refractivity contribution in [1.82, 2.24) is 58.5 Å². The number of rotatable bonds is 29. The van der Waals surface area contributed by atoms with Gasteiger partial charge in [0.15, 0.2) is 0 Å². The van der Waals surface area contributed by atoms with Gasteiger partial charge in [-0.2, -0.15) is 8.42 Å². The Morgan fingerprint density at radius 3 is 1.52 bits per heavy atom. The summed E-state index contributed by atoms with van der Waals surface area (Å²) in [5.74, 6) is -9.45. The summed E-state index contributed by atoms with van der Waals surface area (Å²) in [7, 11) is -4.67. The van der Waals surface area contributed by atoms with Crippen LogP contribution in [0.25, 0.3) is 0 Å². The quantitative estimate of drug-likeness (QED) is 0.0262. The van der Waals surface area contributed by atoms with Crippen LogP contribution >= 0.6 is 0 Å². The van der Waals surface area contributed by atoms with Gasteiger partial charge in [-0.05, 0) is 115 Å². The fourth-order valence-electron chi connectivity index (χ4n) is 9.12. The van der Waals surface area contributed by atoms with E-state index in [0.29, 0.717) is 17.9 Å². The summed E-state index contributed by atoms with van der Waals surface area (Å²) in [6.07, 6.45) is -1.05. The molecule has 1 fully saturated rings. The Labute approximate surface area is 525 Å². The smallest absolute Gasteiger partial charge is 0.391 e. The Hall–Kier alpha value is -7.02. The minimum absolute atomic E-state index is 0.0173. The predicted octanol–water partition coefficient (Wildman–Crippen LogP) is -5.90. The lowest BCUT2D eigenvalue weighted by atomic mass is 10.00. The first-order chi connectivity index (χ1) is 42.3. The van der Waals surface area contributed by atoms with E-state index in [1.54, 1.807) is 44.2 Å². The summed E-state index contributed by atoms with van der Waals surface area (Å²) in [6, 6.07) is -6.23. The molecule has 1 heterocycles. The molecule has 512 valence electrons. The number of aliphatic hydroxyl groups is 2. The summed E-state index contributed by atoms with van der Waals surface area (Å²) in [5, 5.41) is 49.7. The first-order valence-corrected chi connectivity index (χ1v) is 31.6. The number of nitrogens with one attached hydrogen (secondary N) is 11. The lowest BCUT2D eigenvalue weighted by molar-refractivity contribution is -0.137. The molecule has 0 aromatic heterocycles. The molecule has 1 aromatic carbocycles. The van der Waals surface area contributed by atoms with Crippen molar-refractivity contribution in [2.24, 2.45) is 40.5 Å². The highest BCUT2D eigenvalue weighted by atomic mass is 32.3. The second kappa shape index (κ2) is 42.9. The molecule has 0 unspecified atom stereocenters. The highest BCUT2D eigenvalue weighted by Gasteiger charge is 2.37. The van der Waals surface area contributed by atoms with E-state index in [2.05, 4.69) is 72.3 Å². The maximum Gasteiger partial charge on any atom is 0.394 e. The molecule has 90 heavy (non-hydrogen) atoms. The third kappa shape index (κ3) is 32.1. The highest BCUT2D eigenvalue weighted by molar-refractivity contribution is 7.79. The molecule has 0 radical (unpaired) electrons. The van der Waals surface area contributed by atoms with Crippen molar-refractivity contribution in [3.63, 3.8) is 0 Å². The van der Waals surface area contributed by atoms with Crippen LogP contribution in [-0.4, -0.2) is 205 Å². The van der Waals surface area contributed by atoms with Crippen LogP contribution in [-0.2, 0) is 69.6 Å². The molecule has 11 amide bonds. The number of carbonyl (C=O) groups is 11. The van der Waals surface area contributed by atoms with E-state index >= 15 is 0 Å². The number of nitrogens with two attached hydrogens (primary N) is 5. The van der Waals surface area contributed by atoms with Gasteiger partial charge in [-0.15, -0.1) is 0 Å². The molecular formula is C56H100N16O17S. The second-order valence-corrected chi connectivity index (χ2v) is 23.4. The fourth-order valence-corrected chi connectivity index (χ4v) is 9.12. The van der Waals surface area contributed by atoms with Crippen molar-refractivity contribution in [2.45, 2.75) is 198 Å². The summed E-state index contributed by atoms with van der Waals surface area (Å²) < 4.78 is 31.6. The van der Waals surface area contributed by atoms with Gasteiger partial charge in [0.2, 0.25) is 65.0 Å². The summed E-state index contributed by atoms with van der Waals surface area (Å²) >= 11 is 0. The number of hydrogen-bond donors (Lipinski definition) is 20. The lowest BCUT2D eigenvalue weighted by Crippen LogP contribution is -2.62. The Kier molecular flexibility index (Phi) is 38.6. The summed E-state index contributed by atoms with van der Waals surface area (Å²) in [6.45, 7) is 9.00. The Morgan fingerprint density at radius 2 is 1.04 bits per heavy atom.